The van der Waals surface area contributed by atoms with Gasteiger partial charge in [-0.25, -0.2) is 22.9 Å². The van der Waals surface area contributed by atoms with E-state index in [9.17, 15) is 21.6 Å². The Morgan fingerprint density at radius 2 is 2.10 bits per heavy atom. The minimum absolute atomic E-state index is 0.116. The van der Waals surface area contributed by atoms with Gasteiger partial charge in [0.05, 0.1) is 0 Å². The van der Waals surface area contributed by atoms with E-state index in [1.54, 1.807) is 0 Å². The Hall–Kier alpha value is -2.07. The third-order valence-electron chi connectivity index (χ3n) is 2.53. The van der Waals surface area contributed by atoms with Gasteiger partial charge >= 0.3 is 6.55 Å². The van der Waals surface area contributed by atoms with Crippen LogP contribution in [0.25, 0.3) is 0 Å². The summed E-state index contributed by atoms with van der Waals surface area (Å²) >= 11 is 0. The van der Waals surface area contributed by atoms with E-state index < -0.39 is 33.9 Å². The summed E-state index contributed by atoms with van der Waals surface area (Å²) in [6.07, 6.45) is 2.20. The van der Waals surface area contributed by atoms with Gasteiger partial charge in [0.15, 0.2) is 5.82 Å². The second kappa shape index (κ2) is 5.74. The van der Waals surface area contributed by atoms with Crippen molar-refractivity contribution in [3.05, 3.63) is 42.2 Å². The molecule has 6 nitrogen and oxygen atoms in total. The van der Waals surface area contributed by atoms with Crippen LogP contribution < -0.4 is 9.88 Å². The molecule has 0 amide bonds. The summed E-state index contributed by atoms with van der Waals surface area (Å²) in [7, 11) is -4.21. The van der Waals surface area contributed by atoms with E-state index >= 15 is 0 Å². The van der Waals surface area contributed by atoms with Gasteiger partial charge in [0.25, 0.3) is 0 Å². The quantitative estimate of drug-likeness (QED) is 0.907. The highest BCUT2D eigenvalue weighted by molar-refractivity contribution is 7.89. The van der Waals surface area contributed by atoms with Crippen molar-refractivity contribution in [3.63, 3.8) is 0 Å². The van der Waals surface area contributed by atoms with Crippen molar-refractivity contribution >= 4 is 10.0 Å². The van der Waals surface area contributed by atoms with Gasteiger partial charge in [-0.1, -0.05) is 0 Å². The van der Waals surface area contributed by atoms with Crippen molar-refractivity contribution in [2.24, 2.45) is 5.14 Å². The topological polar surface area (TPSA) is 87.2 Å². The van der Waals surface area contributed by atoms with E-state index in [1.165, 1.54) is 0 Å². The van der Waals surface area contributed by atoms with E-state index in [1.807, 2.05) is 0 Å². The van der Waals surface area contributed by atoms with Crippen LogP contribution >= 0.6 is 0 Å². The van der Waals surface area contributed by atoms with E-state index in [2.05, 4.69) is 4.98 Å². The molecule has 0 aliphatic carbocycles. The molecule has 10 heteroatoms. The first kappa shape index (κ1) is 15.3. The molecule has 0 unspecified atom stereocenters. The lowest BCUT2D eigenvalue weighted by molar-refractivity contribution is 0.0631. The molecular weight excluding hydrogens is 311 g/mol. The highest BCUT2D eigenvalue weighted by Gasteiger charge is 2.18. The Morgan fingerprint density at radius 1 is 1.38 bits per heavy atom. The zero-order chi connectivity index (χ0) is 15.6. The second-order valence-electron chi connectivity index (χ2n) is 3.95. The van der Waals surface area contributed by atoms with Crippen LogP contribution in [0.1, 0.15) is 12.4 Å². The monoisotopic (exact) mass is 321 g/mol. The van der Waals surface area contributed by atoms with Gasteiger partial charge in [-0.15, -0.1) is 0 Å². The summed E-state index contributed by atoms with van der Waals surface area (Å²) in [6.45, 7) is -3.23. The van der Waals surface area contributed by atoms with E-state index in [0.29, 0.717) is 10.6 Å². The SMILES string of the molecule is NS(=O)(=O)c1cc(F)ccc1OCc1nccn1C(F)F. The first-order chi connectivity index (χ1) is 9.79. The zero-order valence-corrected chi connectivity index (χ0v) is 11.2. The summed E-state index contributed by atoms with van der Waals surface area (Å²) in [6, 6.07) is 2.69. The standard InChI is InChI=1S/C11H10F3N3O3S/c12-7-1-2-8(9(5-7)21(15,18)19)20-6-10-16-3-4-17(10)11(13)14/h1-5,11H,6H2,(H2,15,18,19). The first-order valence-corrected chi connectivity index (χ1v) is 7.08. The number of aromatic nitrogens is 2. The first-order valence-electron chi connectivity index (χ1n) is 5.54. The van der Waals surface area contributed by atoms with Crippen molar-refractivity contribution in [2.75, 3.05) is 0 Å². The fraction of sp³-hybridized carbons (Fsp3) is 0.182. The number of benzene rings is 1. The molecule has 0 bridgehead atoms. The lowest BCUT2D eigenvalue weighted by Crippen LogP contribution is -2.15. The maximum atomic E-state index is 13.1. The molecule has 0 atom stereocenters. The van der Waals surface area contributed by atoms with E-state index in [4.69, 9.17) is 9.88 Å². The summed E-state index contributed by atoms with van der Waals surface area (Å²) < 4.78 is 66.6. The van der Waals surface area contributed by atoms with Crippen LogP contribution in [0.4, 0.5) is 13.2 Å². The Bertz CT molecular complexity index is 746. The predicted octanol–water partition coefficient (Wildman–Crippen LogP) is 1.64. The number of primary sulfonamides is 1. The zero-order valence-electron chi connectivity index (χ0n) is 10.4. The van der Waals surface area contributed by atoms with Gasteiger partial charge in [-0.05, 0) is 18.2 Å². The van der Waals surface area contributed by atoms with Gasteiger partial charge in [0.1, 0.15) is 23.1 Å². The van der Waals surface area contributed by atoms with Gasteiger partial charge in [0, 0.05) is 12.4 Å². The highest BCUT2D eigenvalue weighted by atomic mass is 32.2. The maximum absolute atomic E-state index is 13.1. The van der Waals surface area contributed by atoms with Crippen LogP contribution in [0.2, 0.25) is 0 Å². The number of ether oxygens (including phenoxy) is 1. The average Bonchev–Trinajstić information content (AvgIpc) is 2.84. The molecule has 0 aliphatic heterocycles. The minimum atomic E-state index is -4.21. The molecule has 2 rings (SSSR count). The molecule has 21 heavy (non-hydrogen) atoms. The fourth-order valence-electron chi connectivity index (χ4n) is 1.60. The predicted molar refractivity (Wildman–Crippen MR) is 65.6 cm³/mol. The van der Waals surface area contributed by atoms with Crippen molar-refractivity contribution in [1.29, 1.82) is 0 Å². The molecule has 1 heterocycles. The van der Waals surface area contributed by atoms with Gasteiger partial charge in [-0.3, -0.25) is 4.57 Å². The lowest BCUT2D eigenvalue weighted by Gasteiger charge is -2.11. The largest absolute Gasteiger partial charge is 0.484 e. The maximum Gasteiger partial charge on any atom is 0.320 e. The molecule has 0 spiro atoms. The van der Waals surface area contributed by atoms with Crippen LogP contribution in [-0.2, 0) is 16.6 Å². The Labute approximate surface area is 118 Å². The number of nitrogens with two attached hydrogens (primary N) is 1. The number of nitrogens with zero attached hydrogens (tertiary/aromatic N) is 2. The van der Waals surface area contributed by atoms with Crippen LogP contribution in [0.5, 0.6) is 5.75 Å². The van der Waals surface area contributed by atoms with Gasteiger partial charge < -0.3 is 4.74 Å². The molecule has 1 aromatic heterocycles. The third-order valence-corrected chi connectivity index (χ3v) is 3.46. The summed E-state index contributed by atoms with van der Waals surface area (Å²) in [5, 5.41) is 4.94. The number of sulfonamides is 1. The smallest absolute Gasteiger partial charge is 0.320 e. The fourth-order valence-corrected chi connectivity index (χ4v) is 2.28. The molecule has 0 saturated carbocycles. The number of imidazole rings is 1. The molecule has 1 aromatic carbocycles. The molecule has 2 aromatic rings. The number of halogens is 3. The van der Waals surface area contributed by atoms with Crippen molar-refractivity contribution in [2.45, 2.75) is 18.1 Å². The number of hydrogen-bond acceptors (Lipinski definition) is 4. The number of rotatable bonds is 5. The molecule has 0 fully saturated rings. The molecular formula is C11H10F3N3O3S. The summed E-state index contributed by atoms with van der Waals surface area (Å²) in [5.41, 5.74) is 0. The summed E-state index contributed by atoms with van der Waals surface area (Å²) in [5.74, 6) is -1.18. The molecule has 0 saturated heterocycles. The van der Waals surface area contributed by atoms with Crippen LogP contribution in [0, 0.1) is 5.82 Å². The Morgan fingerprint density at radius 3 is 2.71 bits per heavy atom. The molecule has 0 radical (unpaired) electrons. The van der Waals surface area contributed by atoms with Crippen molar-refractivity contribution in [3.8, 4) is 5.75 Å². The number of hydrogen-bond donors (Lipinski definition) is 1. The Kier molecular flexibility index (Phi) is 4.19. The van der Waals surface area contributed by atoms with Crippen molar-refractivity contribution < 1.29 is 26.3 Å². The molecule has 0 aliphatic rings. The minimum Gasteiger partial charge on any atom is -0.484 e. The van der Waals surface area contributed by atoms with Crippen LogP contribution in [0.3, 0.4) is 0 Å². The van der Waals surface area contributed by atoms with E-state index in [-0.39, 0.29) is 11.6 Å². The van der Waals surface area contributed by atoms with Gasteiger partial charge in [-0.2, -0.15) is 8.78 Å². The number of alkyl halides is 2. The molecule has 2 N–H and O–H groups in total. The van der Waals surface area contributed by atoms with Crippen molar-refractivity contribution in [1.82, 2.24) is 9.55 Å². The highest BCUT2D eigenvalue weighted by Crippen LogP contribution is 2.24. The molecule has 114 valence electrons. The normalized spacial score (nSPS) is 11.9. The third kappa shape index (κ3) is 3.52. The average molecular weight is 321 g/mol. The Balaban J connectivity index is 2.27. The van der Waals surface area contributed by atoms with Crippen LogP contribution in [0.15, 0.2) is 35.5 Å². The second-order valence-corrected chi connectivity index (χ2v) is 5.48. The lowest BCUT2D eigenvalue weighted by atomic mass is 10.3. The van der Waals surface area contributed by atoms with E-state index in [0.717, 1.165) is 24.5 Å². The van der Waals surface area contributed by atoms with Gasteiger partial charge in [0.2, 0.25) is 10.0 Å². The summed E-state index contributed by atoms with van der Waals surface area (Å²) in [4.78, 5) is 3.09. The van der Waals surface area contributed by atoms with Crippen LogP contribution in [-0.4, -0.2) is 18.0 Å².